The predicted octanol–water partition coefficient (Wildman–Crippen LogP) is 1.40. The number of hydrogen-bond acceptors (Lipinski definition) is 4. The SMILES string of the molecule is CN(C)CCCNC1OC(=O)c2ccccc21. The molecule has 1 N–H and O–H groups in total. The first kappa shape index (κ1) is 12.1. The fraction of sp³-hybridized carbons (Fsp3) is 0.462. The summed E-state index contributed by atoms with van der Waals surface area (Å²) in [5.41, 5.74) is 1.62. The van der Waals surface area contributed by atoms with Crippen LogP contribution in [0.5, 0.6) is 0 Å². The smallest absolute Gasteiger partial charge is 0.340 e. The Kier molecular flexibility index (Phi) is 3.76. The van der Waals surface area contributed by atoms with Gasteiger partial charge in [-0.15, -0.1) is 0 Å². The molecule has 0 saturated carbocycles. The van der Waals surface area contributed by atoms with E-state index >= 15 is 0 Å². The molecular formula is C13H18N2O2. The van der Waals surface area contributed by atoms with Crippen LogP contribution in [0.25, 0.3) is 0 Å². The second-order valence-corrected chi connectivity index (χ2v) is 4.48. The van der Waals surface area contributed by atoms with Crippen molar-refractivity contribution in [3.8, 4) is 0 Å². The zero-order valence-corrected chi connectivity index (χ0v) is 10.3. The molecule has 2 rings (SSSR count). The molecule has 0 aliphatic carbocycles. The van der Waals surface area contributed by atoms with Crippen molar-refractivity contribution in [1.82, 2.24) is 10.2 Å². The van der Waals surface area contributed by atoms with E-state index in [-0.39, 0.29) is 12.2 Å². The van der Waals surface area contributed by atoms with E-state index in [9.17, 15) is 4.79 Å². The number of cyclic esters (lactones) is 1. The highest BCUT2D eigenvalue weighted by Crippen LogP contribution is 2.27. The summed E-state index contributed by atoms with van der Waals surface area (Å²) in [6.45, 7) is 1.86. The van der Waals surface area contributed by atoms with E-state index in [1.807, 2.05) is 32.3 Å². The molecule has 4 heteroatoms. The van der Waals surface area contributed by atoms with Crippen LogP contribution in [-0.4, -0.2) is 38.1 Å². The Bertz CT molecular complexity index is 404. The molecule has 0 saturated heterocycles. The summed E-state index contributed by atoms with van der Waals surface area (Å²) < 4.78 is 5.28. The van der Waals surface area contributed by atoms with E-state index in [0.717, 1.165) is 25.1 Å². The summed E-state index contributed by atoms with van der Waals surface area (Å²) >= 11 is 0. The third-order valence-corrected chi connectivity index (χ3v) is 2.80. The van der Waals surface area contributed by atoms with Crippen molar-refractivity contribution in [2.75, 3.05) is 27.2 Å². The normalized spacial score (nSPS) is 18.3. The van der Waals surface area contributed by atoms with Crippen molar-refractivity contribution in [3.63, 3.8) is 0 Å². The minimum absolute atomic E-state index is 0.231. The van der Waals surface area contributed by atoms with E-state index < -0.39 is 0 Å². The Morgan fingerprint density at radius 3 is 2.88 bits per heavy atom. The van der Waals surface area contributed by atoms with Crippen LogP contribution in [0, 0.1) is 0 Å². The van der Waals surface area contributed by atoms with Crippen molar-refractivity contribution in [1.29, 1.82) is 0 Å². The van der Waals surface area contributed by atoms with E-state index in [1.54, 1.807) is 6.07 Å². The van der Waals surface area contributed by atoms with Crippen LogP contribution < -0.4 is 5.32 Å². The Morgan fingerprint density at radius 1 is 1.35 bits per heavy atom. The molecule has 17 heavy (non-hydrogen) atoms. The number of hydrogen-bond donors (Lipinski definition) is 1. The maximum Gasteiger partial charge on any atom is 0.340 e. The third kappa shape index (κ3) is 2.84. The molecule has 0 fully saturated rings. The first-order valence-corrected chi connectivity index (χ1v) is 5.86. The van der Waals surface area contributed by atoms with Crippen molar-refractivity contribution >= 4 is 5.97 Å². The number of carbonyl (C=O) groups is 1. The number of ether oxygens (including phenoxy) is 1. The first-order valence-electron chi connectivity index (χ1n) is 5.86. The predicted molar refractivity (Wildman–Crippen MR) is 65.8 cm³/mol. The third-order valence-electron chi connectivity index (χ3n) is 2.80. The highest BCUT2D eigenvalue weighted by atomic mass is 16.6. The maximum absolute atomic E-state index is 11.5. The lowest BCUT2D eigenvalue weighted by atomic mass is 10.1. The molecule has 0 bridgehead atoms. The highest BCUT2D eigenvalue weighted by molar-refractivity contribution is 5.93. The Hall–Kier alpha value is -1.39. The Labute approximate surface area is 102 Å². The van der Waals surface area contributed by atoms with Crippen molar-refractivity contribution in [2.45, 2.75) is 12.6 Å². The molecule has 1 unspecified atom stereocenters. The number of carbonyl (C=O) groups excluding carboxylic acids is 1. The van der Waals surface area contributed by atoms with Crippen molar-refractivity contribution in [3.05, 3.63) is 35.4 Å². The molecule has 92 valence electrons. The van der Waals surface area contributed by atoms with Gasteiger partial charge in [-0.05, 0) is 33.1 Å². The molecule has 1 aliphatic heterocycles. The van der Waals surface area contributed by atoms with Crippen LogP contribution >= 0.6 is 0 Å². The second-order valence-electron chi connectivity index (χ2n) is 4.48. The monoisotopic (exact) mass is 234 g/mol. The van der Waals surface area contributed by atoms with E-state index in [0.29, 0.717) is 5.56 Å². The fourth-order valence-electron chi connectivity index (χ4n) is 1.93. The van der Waals surface area contributed by atoms with Crippen LogP contribution in [0.15, 0.2) is 24.3 Å². The van der Waals surface area contributed by atoms with Gasteiger partial charge in [0.05, 0.1) is 5.56 Å². The van der Waals surface area contributed by atoms with Crippen molar-refractivity contribution < 1.29 is 9.53 Å². The van der Waals surface area contributed by atoms with Gasteiger partial charge in [-0.25, -0.2) is 4.79 Å². The molecular weight excluding hydrogens is 216 g/mol. The molecule has 4 nitrogen and oxygen atoms in total. The topological polar surface area (TPSA) is 41.6 Å². The number of esters is 1. The molecule has 1 aliphatic rings. The molecule has 1 aromatic rings. The largest absolute Gasteiger partial charge is 0.439 e. The molecule has 1 atom stereocenters. The molecule has 0 amide bonds. The Morgan fingerprint density at radius 2 is 2.12 bits per heavy atom. The van der Waals surface area contributed by atoms with Gasteiger partial charge in [0.1, 0.15) is 0 Å². The zero-order valence-electron chi connectivity index (χ0n) is 10.3. The number of nitrogens with zero attached hydrogens (tertiary/aromatic N) is 1. The molecule has 0 radical (unpaired) electrons. The van der Waals surface area contributed by atoms with E-state index in [4.69, 9.17) is 4.74 Å². The Balaban J connectivity index is 1.90. The zero-order chi connectivity index (χ0) is 12.3. The molecule has 0 aromatic heterocycles. The summed E-state index contributed by atoms with van der Waals surface area (Å²) in [7, 11) is 4.09. The lowest BCUT2D eigenvalue weighted by Gasteiger charge is -2.14. The van der Waals surface area contributed by atoms with Gasteiger partial charge in [0.15, 0.2) is 6.23 Å². The van der Waals surface area contributed by atoms with Gasteiger partial charge in [0, 0.05) is 12.1 Å². The summed E-state index contributed by atoms with van der Waals surface area (Å²) in [6, 6.07) is 7.52. The fourth-order valence-corrected chi connectivity index (χ4v) is 1.93. The average molecular weight is 234 g/mol. The van der Waals surface area contributed by atoms with Gasteiger partial charge in [-0.2, -0.15) is 0 Å². The number of rotatable bonds is 5. The minimum Gasteiger partial charge on any atom is -0.439 e. The van der Waals surface area contributed by atoms with E-state index in [2.05, 4.69) is 10.2 Å². The van der Waals surface area contributed by atoms with Gasteiger partial charge >= 0.3 is 5.97 Å². The van der Waals surface area contributed by atoms with Gasteiger partial charge in [-0.3, -0.25) is 5.32 Å². The lowest BCUT2D eigenvalue weighted by Crippen LogP contribution is -2.25. The van der Waals surface area contributed by atoms with E-state index in [1.165, 1.54) is 0 Å². The first-order chi connectivity index (χ1) is 8.18. The van der Waals surface area contributed by atoms with Gasteiger partial charge in [0.25, 0.3) is 0 Å². The number of benzene rings is 1. The minimum atomic E-state index is -0.277. The summed E-state index contributed by atoms with van der Waals surface area (Å²) in [4.78, 5) is 13.7. The second kappa shape index (κ2) is 5.29. The van der Waals surface area contributed by atoms with Crippen LogP contribution in [0.4, 0.5) is 0 Å². The quantitative estimate of drug-likeness (QED) is 0.617. The van der Waals surface area contributed by atoms with Gasteiger partial charge < -0.3 is 9.64 Å². The summed E-state index contributed by atoms with van der Waals surface area (Å²) in [6.07, 6.45) is 0.754. The number of nitrogens with one attached hydrogen (secondary N) is 1. The van der Waals surface area contributed by atoms with Crippen LogP contribution in [0.2, 0.25) is 0 Å². The van der Waals surface area contributed by atoms with Crippen molar-refractivity contribution in [2.24, 2.45) is 0 Å². The molecule has 1 aromatic carbocycles. The molecule has 0 spiro atoms. The lowest BCUT2D eigenvalue weighted by molar-refractivity contribution is 0.0308. The average Bonchev–Trinajstić information content (AvgIpc) is 2.63. The van der Waals surface area contributed by atoms with Crippen LogP contribution in [0.1, 0.15) is 28.6 Å². The highest BCUT2D eigenvalue weighted by Gasteiger charge is 2.29. The van der Waals surface area contributed by atoms with Gasteiger partial charge in [0.2, 0.25) is 0 Å². The summed E-state index contributed by atoms with van der Waals surface area (Å²) in [5.74, 6) is -0.231. The summed E-state index contributed by atoms with van der Waals surface area (Å²) in [5, 5.41) is 3.25. The number of fused-ring (bicyclic) bond motifs is 1. The van der Waals surface area contributed by atoms with Gasteiger partial charge in [-0.1, -0.05) is 18.2 Å². The van der Waals surface area contributed by atoms with Crippen LogP contribution in [-0.2, 0) is 4.74 Å². The maximum atomic E-state index is 11.5. The molecule has 1 heterocycles. The van der Waals surface area contributed by atoms with Crippen LogP contribution in [0.3, 0.4) is 0 Å². The standard InChI is InChI=1S/C13H18N2O2/c1-15(2)9-5-8-14-12-10-6-3-4-7-11(10)13(16)17-12/h3-4,6-7,12,14H,5,8-9H2,1-2H3.